The molecule has 250 valence electrons. The molecule has 1 aliphatic rings. The van der Waals surface area contributed by atoms with E-state index in [1.807, 2.05) is 76.5 Å². The molecule has 0 spiro atoms. The number of rotatable bonds is 10. The molecule has 1 heterocycles. The number of nitrogens with two attached hydrogens (primary N) is 2. The van der Waals surface area contributed by atoms with Crippen LogP contribution in [0.15, 0.2) is 120 Å². The van der Waals surface area contributed by atoms with Gasteiger partial charge in [0.25, 0.3) is 5.91 Å². The van der Waals surface area contributed by atoms with Crippen molar-refractivity contribution in [3.05, 3.63) is 142 Å². The van der Waals surface area contributed by atoms with Crippen molar-refractivity contribution < 1.29 is 9.59 Å². The number of piperazine rings is 1. The molecule has 5 aromatic carbocycles. The zero-order valence-electron chi connectivity index (χ0n) is 27.1. The third kappa shape index (κ3) is 8.24. The van der Waals surface area contributed by atoms with Crippen LogP contribution in [0.3, 0.4) is 0 Å². The molecule has 9 heteroatoms. The summed E-state index contributed by atoms with van der Waals surface area (Å²) in [7, 11) is 0. The van der Waals surface area contributed by atoms with Crippen molar-refractivity contribution >= 4 is 51.7 Å². The minimum absolute atomic E-state index is 0.0299. The number of nitrogens with zero attached hydrogens (tertiary/aromatic N) is 3. The number of guanidine groups is 1. The third-order valence-corrected chi connectivity index (χ3v) is 9.88. The van der Waals surface area contributed by atoms with Crippen molar-refractivity contribution in [2.24, 2.45) is 16.5 Å². The number of benzene rings is 5. The van der Waals surface area contributed by atoms with Crippen LogP contribution in [0.1, 0.15) is 34.3 Å². The molecule has 0 saturated carbocycles. The molecule has 49 heavy (non-hydrogen) atoms. The molecular formula is C40H39Cl2N5O2. The summed E-state index contributed by atoms with van der Waals surface area (Å²) in [6.45, 7) is 1.20. The van der Waals surface area contributed by atoms with Crippen LogP contribution in [-0.2, 0) is 17.6 Å². The standard InChI is InChI=1S/C40H39Cl2N5O2/c41-36-19-18-31(24-37(36)42)34-14-6-7-15-35(34)39(49)47-26-33(22-27-9-2-1-3-10-27)46(25-32(47)13-8-20-45-40(43)44)38(48)23-28-16-17-29-11-4-5-12-30(29)21-28/h1-7,9-12,14-19,21,24,32-33H,8,13,20,22-23,25-26H2,(H4,43,44,45). The van der Waals surface area contributed by atoms with Crippen LogP contribution in [0.5, 0.6) is 0 Å². The van der Waals surface area contributed by atoms with Gasteiger partial charge in [-0.3, -0.25) is 14.6 Å². The van der Waals surface area contributed by atoms with Gasteiger partial charge in [-0.2, -0.15) is 0 Å². The van der Waals surface area contributed by atoms with Crippen LogP contribution >= 0.6 is 23.2 Å². The van der Waals surface area contributed by atoms with Crippen LogP contribution in [0.25, 0.3) is 21.9 Å². The minimum atomic E-state index is -0.254. The van der Waals surface area contributed by atoms with Gasteiger partial charge in [-0.25, -0.2) is 0 Å². The Bertz CT molecular complexity index is 1980. The van der Waals surface area contributed by atoms with Gasteiger partial charge < -0.3 is 21.3 Å². The second-order valence-electron chi connectivity index (χ2n) is 12.5. The Kier molecular flexibility index (Phi) is 10.8. The Balaban J connectivity index is 1.34. The smallest absolute Gasteiger partial charge is 0.254 e. The lowest BCUT2D eigenvalue weighted by Gasteiger charge is -2.47. The SMILES string of the molecule is NC(N)=NCCCC1CN(C(=O)Cc2ccc3ccccc3c2)C(Cc2ccccc2)CN1C(=O)c1ccccc1-c1ccc(Cl)c(Cl)c1. The average Bonchev–Trinajstić information content (AvgIpc) is 3.11. The van der Waals surface area contributed by atoms with E-state index in [9.17, 15) is 9.59 Å². The topological polar surface area (TPSA) is 105 Å². The molecule has 1 fully saturated rings. The summed E-state index contributed by atoms with van der Waals surface area (Å²) in [5.74, 6) is -0.0378. The van der Waals surface area contributed by atoms with Gasteiger partial charge in [-0.1, -0.05) is 120 Å². The highest BCUT2D eigenvalue weighted by Gasteiger charge is 2.39. The van der Waals surface area contributed by atoms with Crippen molar-refractivity contribution in [2.45, 2.75) is 37.8 Å². The van der Waals surface area contributed by atoms with E-state index >= 15 is 0 Å². The molecule has 6 rings (SSSR count). The lowest BCUT2D eigenvalue weighted by Crippen LogP contribution is -2.62. The van der Waals surface area contributed by atoms with Crippen LogP contribution in [-0.4, -0.2) is 59.3 Å². The van der Waals surface area contributed by atoms with Crippen molar-refractivity contribution in [3.63, 3.8) is 0 Å². The first-order chi connectivity index (χ1) is 23.8. The van der Waals surface area contributed by atoms with Crippen molar-refractivity contribution in [1.29, 1.82) is 0 Å². The predicted molar refractivity (Wildman–Crippen MR) is 200 cm³/mol. The fraction of sp³-hybridized carbons (Fsp3) is 0.225. The van der Waals surface area contributed by atoms with E-state index in [2.05, 4.69) is 41.4 Å². The third-order valence-electron chi connectivity index (χ3n) is 9.14. The van der Waals surface area contributed by atoms with Crippen LogP contribution in [0.4, 0.5) is 0 Å². The first kappa shape index (κ1) is 34.0. The van der Waals surface area contributed by atoms with E-state index in [0.29, 0.717) is 54.5 Å². The summed E-state index contributed by atoms with van der Waals surface area (Å²) >= 11 is 12.6. The monoisotopic (exact) mass is 691 g/mol. The lowest BCUT2D eigenvalue weighted by atomic mass is 9.93. The van der Waals surface area contributed by atoms with E-state index < -0.39 is 0 Å². The van der Waals surface area contributed by atoms with Gasteiger partial charge in [0.05, 0.1) is 22.5 Å². The Morgan fingerprint density at radius 2 is 1.43 bits per heavy atom. The zero-order chi connectivity index (χ0) is 34.3. The number of halogens is 2. The fourth-order valence-corrected chi connectivity index (χ4v) is 7.01. The highest BCUT2D eigenvalue weighted by atomic mass is 35.5. The summed E-state index contributed by atoms with van der Waals surface area (Å²) in [6.07, 6.45) is 2.15. The Hall–Kier alpha value is -4.85. The van der Waals surface area contributed by atoms with Gasteiger partial charge in [-0.05, 0) is 70.5 Å². The molecule has 0 aliphatic carbocycles. The Morgan fingerprint density at radius 1 is 0.714 bits per heavy atom. The molecule has 7 nitrogen and oxygen atoms in total. The molecule has 2 atom stereocenters. The van der Waals surface area contributed by atoms with Gasteiger partial charge in [0.1, 0.15) is 0 Å². The summed E-state index contributed by atoms with van der Waals surface area (Å²) in [6, 6.07) is 36.9. The first-order valence-corrected chi connectivity index (χ1v) is 17.2. The van der Waals surface area contributed by atoms with Gasteiger partial charge in [-0.15, -0.1) is 0 Å². The van der Waals surface area contributed by atoms with E-state index in [1.54, 1.807) is 12.1 Å². The minimum Gasteiger partial charge on any atom is -0.370 e. The molecule has 2 amide bonds. The molecule has 0 aromatic heterocycles. The van der Waals surface area contributed by atoms with Gasteiger partial charge >= 0.3 is 0 Å². The largest absolute Gasteiger partial charge is 0.370 e. The molecule has 4 N–H and O–H groups in total. The van der Waals surface area contributed by atoms with Gasteiger partial charge in [0.15, 0.2) is 5.96 Å². The van der Waals surface area contributed by atoms with Crippen molar-refractivity contribution in [3.8, 4) is 11.1 Å². The van der Waals surface area contributed by atoms with E-state index in [4.69, 9.17) is 34.7 Å². The quantitative estimate of drug-likeness (QED) is 0.0906. The van der Waals surface area contributed by atoms with Crippen molar-refractivity contribution in [1.82, 2.24) is 9.80 Å². The van der Waals surface area contributed by atoms with Crippen LogP contribution in [0, 0.1) is 0 Å². The Morgan fingerprint density at radius 3 is 2.20 bits per heavy atom. The number of aliphatic imine (C=N–C) groups is 1. The molecular weight excluding hydrogens is 653 g/mol. The molecule has 5 aromatic rings. The van der Waals surface area contributed by atoms with E-state index in [-0.39, 0.29) is 36.3 Å². The summed E-state index contributed by atoms with van der Waals surface area (Å²) < 4.78 is 0. The van der Waals surface area contributed by atoms with Gasteiger partial charge in [0, 0.05) is 31.2 Å². The van der Waals surface area contributed by atoms with E-state index in [1.165, 1.54) is 0 Å². The highest BCUT2D eigenvalue weighted by molar-refractivity contribution is 6.42. The van der Waals surface area contributed by atoms with E-state index in [0.717, 1.165) is 33.0 Å². The first-order valence-electron chi connectivity index (χ1n) is 16.5. The average molecular weight is 693 g/mol. The second kappa shape index (κ2) is 15.6. The highest BCUT2D eigenvalue weighted by Crippen LogP contribution is 2.33. The van der Waals surface area contributed by atoms with Crippen LogP contribution in [0.2, 0.25) is 10.0 Å². The predicted octanol–water partition coefficient (Wildman–Crippen LogP) is 7.37. The number of hydrogen-bond acceptors (Lipinski definition) is 3. The summed E-state index contributed by atoms with van der Waals surface area (Å²) in [5, 5.41) is 3.10. The second-order valence-corrected chi connectivity index (χ2v) is 13.3. The normalized spacial score (nSPS) is 16.0. The maximum Gasteiger partial charge on any atom is 0.254 e. The molecule has 2 unspecified atom stereocenters. The molecule has 0 radical (unpaired) electrons. The van der Waals surface area contributed by atoms with Gasteiger partial charge in [0.2, 0.25) is 5.91 Å². The number of carbonyl (C=O) groups is 2. The number of amides is 2. The summed E-state index contributed by atoms with van der Waals surface area (Å²) in [5.41, 5.74) is 15.4. The lowest BCUT2D eigenvalue weighted by molar-refractivity contribution is -0.136. The zero-order valence-corrected chi connectivity index (χ0v) is 28.7. The number of carbonyl (C=O) groups excluding carboxylic acids is 2. The molecule has 1 saturated heterocycles. The molecule has 0 bridgehead atoms. The van der Waals surface area contributed by atoms with Crippen LogP contribution < -0.4 is 11.5 Å². The molecule has 1 aliphatic heterocycles. The van der Waals surface area contributed by atoms with Crippen molar-refractivity contribution in [2.75, 3.05) is 19.6 Å². The maximum absolute atomic E-state index is 14.7. The maximum atomic E-state index is 14.7. The Labute approximate surface area is 297 Å². The number of hydrogen-bond donors (Lipinski definition) is 2. The number of fused-ring (bicyclic) bond motifs is 1. The summed E-state index contributed by atoms with van der Waals surface area (Å²) in [4.78, 5) is 37.0. The fourth-order valence-electron chi connectivity index (χ4n) is 6.71.